The highest BCUT2D eigenvalue weighted by Crippen LogP contribution is 2.58. The Morgan fingerprint density at radius 3 is 1.41 bits per heavy atom. The predicted octanol–water partition coefficient (Wildman–Crippen LogP) is 5.58. The summed E-state index contributed by atoms with van der Waals surface area (Å²) in [5.74, 6) is 0.988. The summed E-state index contributed by atoms with van der Waals surface area (Å²) in [6.07, 6.45) is 0.932. The zero-order valence-electron chi connectivity index (χ0n) is 16.7. The molecule has 0 aliphatic carbocycles. The second-order valence-corrected chi connectivity index (χ2v) is 10.5. The molecule has 4 rings (SSSR count). The summed E-state index contributed by atoms with van der Waals surface area (Å²) in [6.45, 7) is 2.72. The van der Waals surface area contributed by atoms with E-state index in [0.29, 0.717) is 6.61 Å². The van der Waals surface area contributed by atoms with Gasteiger partial charge in [0, 0.05) is 5.56 Å². The number of hydrogen-bond donors (Lipinski definition) is 0. The van der Waals surface area contributed by atoms with E-state index in [4.69, 9.17) is 4.74 Å². The first kappa shape index (κ1) is 19.4. The molecule has 0 aliphatic rings. The Kier molecular flexibility index (Phi) is 6.08. The van der Waals surface area contributed by atoms with Crippen molar-refractivity contribution in [3.8, 4) is 5.75 Å². The average molecular weight is 397 g/mol. The zero-order chi connectivity index (χ0) is 19.9. The fraction of sp³-hybridized carbons (Fsp3) is 0.111. The van der Waals surface area contributed by atoms with Gasteiger partial charge in [-0.1, -0.05) is 72.8 Å². The second-order valence-electron chi connectivity index (χ2n) is 7.02. The van der Waals surface area contributed by atoms with Gasteiger partial charge in [0.1, 0.15) is 35.1 Å². The summed E-state index contributed by atoms with van der Waals surface area (Å²) in [5, 5.41) is 4.18. The Morgan fingerprint density at radius 2 is 0.966 bits per heavy atom. The van der Waals surface area contributed by atoms with Crippen molar-refractivity contribution in [1.82, 2.24) is 0 Å². The quantitative estimate of drug-likeness (QED) is 0.370. The molecule has 0 aromatic heterocycles. The predicted molar refractivity (Wildman–Crippen MR) is 126 cm³/mol. The van der Waals surface area contributed by atoms with Crippen molar-refractivity contribution in [3.63, 3.8) is 0 Å². The van der Waals surface area contributed by atoms with Crippen LogP contribution in [-0.2, 0) is 6.16 Å². The maximum absolute atomic E-state index is 6.01. The molecule has 0 N–H and O–H groups in total. The summed E-state index contributed by atoms with van der Waals surface area (Å²) >= 11 is 0. The van der Waals surface area contributed by atoms with Crippen LogP contribution in [0.25, 0.3) is 0 Å². The third-order valence-electron chi connectivity index (χ3n) is 5.27. The van der Waals surface area contributed by atoms with Crippen LogP contribution in [0, 0.1) is 0 Å². The van der Waals surface area contributed by atoms with E-state index in [2.05, 4.69) is 115 Å². The molecule has 0 saturated heterocycles. The van der Waals surface area contributed by atoms with Crippen LogP contribution >= 0.6 is 7.26 Å². The maximum Gasteiger partial charge on any atom is 0.126 e. The first-order chi connectivity index (χ1) is 14.3. The molecule has 0 aliphatic heterocycles. The first-order valence-electron chi connectivity index (χ1n) is 10.1. The van der Waals surface area contributed by atoms with E-state index in [1.54, 1.807) is 0 Å². The molecule has 0 saturated carbocycles. The van der Waals surface area contributed by atoms with Crippen molar-refractivity contribution in [2.24, 2.45) is 0 Å². The van der Waals surface area contributed by atoms with Gasteiger partial charge in [-0.3, -0.25) is 0 Å². The highest BCUT2D eigenvalue weighted by molar-refractivity contribution is 7.95. The number of rotatable bonds is 7. The van der Waals surface area contributed by atoms with Crippen molar-refractivity contribution in [2.75, 3.05) is 6.61 Å². The summed E-state index contributed by atoms with van der Waals surface area (Å²) in [7, 11) is -1.91. The Labute approximate surface area is 174 Å². The molecule has 0 unspecified atom stereocenters. The van der Waals surface area contributed by atoms with E-state index >= 15 is 0 Å². The standard InChI is InChI=1S/C27H26OP/c1-2-28-27-21-13-12-14-23(27)22-29(24-15-6-3-7-16-24,25-17-8-4-9-18-25)26-19-10-5-11-20-26/h3-21H,2,22H2,1H3/q+1. The van der Waals surface area contributed by atoms with Crippen LogP contribution in [0.5, 0.6) is 5.75 Å². The molecular weight excluding hydrogens is 371 g/mol. The van der Waals surface area contributed by atoms with Crippen molar-refractivity contribution in [1.29, 1.82) is 0 Å². The fourth-order valence-corrected chi connectivity index (χ4v) is 8.21. The molecule has 144 valence electrons. The molecule has 1 nitrogen and oxygen atoms in total. The molecule has 4 aromatic carbocycles. The lowest BCUT2D eigenvalue weighted by atomic mass is 10.2. The van der Waals surface area contributed by atoms with Gasteiger partial charge in [0.25, 0.3) is 0 Å². The minimum Gasteiger partial charge on any atom is -0.493 e. The highest BCUT2D eigenvalue weighted by atomic mass is 31.2. The lowest BCUT2D eigenvalue weighted by Crippen LogP contribution is -2.32. The lowest BCUT2D eigenvalue weighted by Gasteiger charge is -2.28. The molecule has 0 amide bonds. The number of ether oxygens (including phenoxy) is 1. The largest absolute Gasteiger partial charge is 0.493 e. The van der Waals surface area contributed by atoms with Crippen molar-refractivity contribution in [2.45, 2.75) is 13.1 Å². The molecule has 0 heterocycles. The van der Waals surface area contributed by atoms with Gasteiger partial charge in [0.05, 0.1) is 6.61 Å². The van der Waals surface area contributed by atoms with Gasteiger partial charge in [-0.05, 0) is 49.4 Å². The number of para-hydroxylation sites is 1. The van der Waals surface area contributed by atoms with Crippen molar-refractivity contribution >= 4 is 23.2 Å². The molecule has 2 heteroatoms. The normalized spacial score (nSPS) is 11.2. The van der Waals surface area contributed by atoms with Gasteiger partial charge < -0.3 is 4.74 Å². The summed E-state index contributed by atoms with van der Waals surface area (Å²) in [4.78, 5) is 0. The number of hydrogen-bond acceptors (Lipinski definition) is 1. The van der Waals surface area contributed by atoms with Crippen LogP contribution in [0.15, 0.2) is 115 Å². The lowest BCUT2D eigenvalue weighted by molar-refractivity contribution is 0.337. The molecule has 29 heavy (non-hydrogen) atoms. The van der Waals surface area contributed by atoms with E-state index in [1.807, 2.05) is 6.92 Å². The van der Waals surface area contributed by atoms with Crippen LogP contribution in [0.2, 0.25) is 0 Å². The second kappa shape index (κ2) is 9.07. The Morgan fingerprint density at radius 1 is 0.552 bits per heavy atom. The highest BCUT2D eigenvalue weighted by Gasteiger charge is 2.45. The third kappa shape index (κ3) is 3.97. The molecule has 0 atom stereocenters. The summed E-state index contributed by atoms with van der Waals surface area (Å²) in [5.41, 5.74) is 1.26. The van der Waals surface area contributed by atoms with E-state index in [0.717, 1.165) is 11.9 Å². The Bertz CT molecular complexity index is 933. The first-order valence-corrected chi connectivity index (χ1v) is 12.1. The molecule has 0 radical (unpaired) electrons. The van der Waals surface area contributed by atoms with E-state index < -0.39 is 7.26 Å². The SMILES string of the molecule is CCOc1ccccc1C[P+](c1ccccc1)(c1ccccc1)c1ccccc1. The fourth-order valence-electron chi connectivity index (χ4n) is 3.95. The van der Waals surface area contributed by atoms with Crippen LogP contribution in [0.1, 0.15) is 12.5 Å². The minimum absolute atomic E-state index is 0.671. The van der Waals surface area contributed by atoms with Crippen LogP contribution in [0.4, 0.5) is 0 Å². The summed E-state index contributed by atoms with van der Waals surface area (Å²) in [6, 6.07) is 41.5. The van der Waals surface area contributed by atoms with Gasteiger partial charge >= 0.3 is 0 Å². The average Bonchev–Trinajstić information content (AvgIpc) is 2.80. The number of benzene rings is 4. The van der Waals surface area contributed by atoms with Crippen LogP contribution in [0.3, 0.4) is 0 Å². The van der Waals surface area contributed by atoms with Gasteiger partial charge in [-0.15, -0.1) is 0 Å². The third-order valence-corrected chi connectivity index (χ3v) is 9.62. The van der Waals surface area contributed by atoms with E-state index in [-0.39, 0.29) is 0 Å². The monoisotopic (exact) mass is 397 g/mol. The molecule has 0 fully saturated rings. The molecule has 0 bridgehead atoms. The van der Waals surface area contributed by atoms with Gasteiger partial charge in [0.15, 0.2) is 0 Å². The molecule has 4 aromatic rings. The topological polar surface area (TPSA) is 9.23 Å². The van der Waals surface area contributed by atoms with E-state index in [9.17, 15) is 0 Å². The van der Waals surface area contributed by atoms with Gasteiger partial charge in [-0.2, -0.15) is 0 Å². The summed E-state index contributed by atoms with van der Waals surface area (Å²) < 4.78 is 6.01. The van der Waals surface area contributed by atoms with Crippen molar-refractivity contribution in [3.05, 3.63) is 121 Å². The maximum atomic E-state index is 6.01. The van der Waals surface area contributed by atoms with Crippen molar-refractivity contribution < 1.29 is 4.74 Å². The van der Waals surface area contributed by atoms with Gasteiger partial charge in [0.2, 0.25) is 0 Å². The smallest absolute Gasteiger partial charge is 0.126 e. The molecular formula is C27H26OP+. The zero-order valence-corrected chi connectivity index (χ0v) is 17.6. The van der Waals surface area contributed by atoms with E-state index in [1.165, 1.54) is 21.5 Å². The van der Waals surface area contributed by atoms with Crippen LogP contribution < -0.4 is 20.7 Å². The molecule has 0 spiro atoms. The minimum atomic E-state index is -1.91. The Hall–Kier alpha value is -2.89. The van der Waals surface area contributed by atoms with Crippen LogP contribution in [-0.4, -0.2) is 6.61 Å². The van der Waals surface area contributed by atoms with Gasteiger partial charge in [-0.25, -0.2) is 0 Å². The Balaban J connectivity index is 1.99.